The van der Waals surface area contributed by atoms with Crippen molar-refractivity contribution in [3.05, 3.63) is 60.2 Å². The number of carbonyl (C=O) groups excluding carboxylic acids is 2. The van der Waals surface area contributed by atoms with Crippen molar-refractivity contribution in [2.24, 2.45) is 11.7 Å². The molecule has 0 radical (unpaired) electrons. The molecule has 14 heteroatoms. The van der Waals surface area contributed by atoms with Gasteiger partial charge in [0, 0.05) is 5.69 Å². The second-order valence-corrected chi connectivity index (χ2v) is 13.2. The lowest BCUT2D eigenvalue weighted by atomic mass is 10.0. The molecule has 0 spiro atoms. The van der Waals surface area contributed by atoms with Gasteiger partial charge in [0.2, 0.25) is 5.91 Å². The van der Waals surface area contributed by atoms with E-state index in [1.165, 1.54) is 18.2 Å². The van der Waals surface area contributed by atoms with E-state index in [-0.39, 0.29) is 36.5 Å². The predicted molar refractivity (Wildman–Crippen MR) is 159 cm³/mol. The van der Waals surface area contributed by atoms with Crippen molar-refractivity contribution in [3.8, 4) is 0 Å². The number of hydroxylamine groups is 1. The van der Waals surface area contributed by atoms with Crippen molar-refractivity contribution < 1.29 is 42.2 Å². The van der Waals surface area contributed by atoms with Crippen LogP contribution in [0.2, 0.25) is 0 Å². The van der Waals surface area contributed by atoms with Crippen molar-refractivity contribution in [1.29, 1.82) is 0 Å². The third kappa shape index (κ3) is 8.25. The predicted octanol–water partition coefficient (Wildman–Crippen LogP) is 1.91. The fourth-order valence-corrected chi connectivity index (χ4v) is 7.08. The zero-order valence-electron chi connectivity index (χ0n) is 24.4. The zero-order chi connectivity index (χ0) is 31.1. The summed E-state index contributed by atoms with van der Waals surface area (Å²) < 4.78 is 45.4. The molecule has 44 heavy (non-hydrogen) atoms. The number of fused-ring (bicyclic) bond motifs is 1. The van der Waals surface area contributed by atoms with Gasteiger partial charge in [-0.05, 0) is 49.4 Å². The molecule has 1 aliphatic carbocycles. The van der Waals surface area contributed by atoms with Crippen LogP contribution in [0.1, 0.15) is 37.7 Å². The molecule has 1 saturated carbocycles. The summed E-state index contributed by atoms with van der Waals surface area (Å²) in [6.07, 6.45) is 0.714. The highest BCUT2D eigenvalue weighted by molar-refractivity contribution is 7.89. The summed E-state index contributed by atoms with van der Waals surface area (Å²) in [4.78, 5) is 30.2. The Labute approximate surface area is 257 Å². The van der Waals surface area contributed by atoms with Crippen LogP contribution in [-0.4, -0.2) is 86.9 Å². The van der Waals surface area contributed by atoms with Crippen molar-refractivity contribution in [2.75, 3.05) is 31.6 Å². The van der Waals surface area contributed by atoms with E-state index >= 15 is 0 Å². The molecule has 240 valence electrons. The number of amides is 2. The monoisotopic (exact) mass is 632 g/mol. The van der Waals surface area contributed by atoms with Crippen molar-refractivity contribution in [3.63, 3.8) is 0 Å². The number of benzene rings is 2. The van der Waals surface area contributed by atoms with Crippen LogP contribution in [-0.2, 0) is 40.3 Å². The maximum Gasteiger partial charge on any atom is 0.407 e. The van der Waals surface area contributed by atoms with Crippen molar-refractivity contribution in [2.45, 2.75) is 74.1 Å². The van der Waals surface area contributed by atoms with E-state index in [2.05, 4.69) is 10.6 Å². The van der Waals surface area contributed by atoms with Crippen LogP contribution in [0.15, 0.2) is 59.5 Å². The van der Waals surface area contributed by atoms with E-state index in [0.29, 0.717) is 31.6 Å². The molecule has 13 nitrogen and oxygen atoms in total. The maximum atomic E-state index is 13.9. The molecule has 2 saturated heterocycles. The first-order valence-electron chi connectivity index (χ1n) is 14.9. The minimum absolute atomic E-state index is 0.0630. The number of rotatable bonds is 14. The van der Waals surface area contributed by atoms with Crippen LogP contribution in [0.4, 0.5) is 10.5 Å². The Morgan fingerprint density at radius 2 is 1.84 bits per heavy atom. The first-order valence-corrected chi connectivity index (χ1v) is 16.4. The minimum Gasteiger partial charge on any atom is -0.443 e. The average molecular weight is 633 g/mol. The van der Waals surface area contributed by atoms with Crippen molar-refractivity contribution in [1.82, 2.24) is 9.79 Å². The molecule has 2 aromatic carbocycles. The molecule has 2 aromatic rings. The largest absolute Gasteiger partial charge is 0.443 e. The van der Waals surface area contributed by atoms with Gasteiger partial charge in [0.25, 0.3) is 10.0 Å². The Balaban J connectivity index is 1.34. The molecule has 2 aliphatic heterocycles. The van der Waals surface area contributed by atoms with Crippen LogP contribution >= 0.6 is 0 Å². The number of nitrogens with one attached hydrogen (secondary N) is 2. The number of hydrogen-bond donors (Lipinski definition) is 4. The Bertz CT molecular complexity index is 1370. The highest BCUT2D eigenvalue weighted by Gasteiger charge is 2.44. The smallest absolute Gasteiger partial charge is 0.407 e. The average Bonchev–Trinajstić information content (AvgIpc) is 3.77. The third-order valence-electron chi connectivity index (χ3n) is 8.08. The number of nitrogens with zero attached hydrogens (tertiary/aromatic N) is 1. The molecule has 5 atom stereocenters. The van der Waals surface area contributed by atoms with E-state index < -0.39 is 53.1 Å². The SMILES string of the molecule is NC(=O)CNc1cccc(S(=O)(=O)N(C[C@@H](O)[C@H](Cc2ccccc2)NC(=O)O[C@@H]2CO[C@@H]3OCC[C@@H]32)OC2CCCC2)c1. The van der Waals surface area contributed by atoms with Gasteiger partial charge in [0.1, 0.15) is 6.10 Å². The summed E-state index contributed by atoms with van der Waals surface area (Å²) in [6.45, 7) is 0.111. The first kappa shape index (κ1) is 32.1. The second kappa shape index (κ2) is 14.7. The number of aliphatic hydroxyl groups excluding tert-OH is 1. The maximum absolute atomic E-state index is 13.9. The lowest BCUT2D eigenvalue weighted by Crippen LogP contribution is -2.51. The van der Waals surface area contributed by atoms with Gasteiger partial charge in [-0.3, -0.25) is 9.63 Å². The molecule has 2 amide bonds. The van der Waals surface area contributed by atoms with Gasteiger partial charge in [0.15, 0.2) is 6.29 Å². The summed E-state index contributed by atoms with van der Waals surface area (Å²) in [7, 11) is -4.29. The first-order chi connectivity index (χ1) is 21.2. The zero-order valence-corrected chi connectivity index (χ0v) is 25.2. The van der Waals surface area contributed by atoms with E-state index in [1.807, 2.05) is 30.3 Å². The number of nitrogens with two attached hydrogens (primary N) is 1. The van der Waals surface area contributed by atoms with E-state index in [9.17, 15) is 23.1 Å². The van der Waals surface area contributed by atoms with Crippen LogP contribution in [0.25, 0.3) is 0 Å². The second-order valence-electron chi connectivity index (χ2n) is 11.3. The van der Waals surface area contributed by atoms with E-state index in [4.69, 9.17) is 24.8 Å². The molecule has 2 heterocycles. The number of aliphatic hydroxyl groups is 1. The molecular weight excluding hydrogens is 592 g/mol. The Hall–Kier alpha value is -3.27. The molecular formula is C30H40N4O9S. The van der Waals surface area contributed by atoms with Gasteiger partial charge in [-0.25, -0.2) is 13.2 Å². The third-order valence-corrected chi connectivity index (χ3v) is 9.70. The molecule has 5 rings (SSSR count). The Kier molecular flexibility index (Phi) is 10.7. The summed E-state index contributed by atoms with van der Waals surface area (Å²) in [5.41, 5.74) is 6.42. The number of carbonyl (C=O) groups is 2. The fraction of sp³-hybridized carbons (Fsp3) is 0.533. The van der Waals surface area contributed by atoms with Crippen LogP contribution in [0.3, 0.4) is 0 Å². The van der Waals surface area contributed by atoms with Crippen LogP contribution < -0.4 is 16.4 Å². The normalized spacial score (nSPS) is 23.3. The van der Waals surface area contributed by atoms with E-state index in [1.54, 1.807) is 6.07 Å². The van der Waals surface area contributed by atoms with Crippen LogP contribution in [0, 0.1) is 5.92 Å². The number of alkyl carbamates (subject to hydrolysis) is 1. The summed E-state index contributed by atoms with van der Waals surface area (Å²) >= 11 is 0. The van der Waals surface area contributed by atoms with E-state index in [0.717, 1.165) is 22.9 Å². The quantitative estimate of drug-likeness (QED) is 0.225. The minimum atomic E-state index is -4.29. The Morgan fingerprint density at radius 1 is 1.07 bits per heavy atom. The van der Waals surface area contributed by atoms with Gasteiger partial charge in [-0.2, -0.15) is 0 Å². The number of hydrogen-bond acceptors (Lipinski definition) is 10. The highest BCUT2D eigenvalue weighted by atomic mass is 32.2. The molecule has 0 bridgehead atoms. The highest BCUT2D eigenvalue weighted by Crippen LogP contribution is 2.33. The topological polar surface area (TPSA) is 179 Å². The standard InChI is InChI=1S/C30H40N4O9S/c31-28(36)17-32-21-9-6-12-23(16-21)44(38,39)34(43-22-10-4-5-11-22)18-26(35)25(15-20-7-2-1-3-8-20)33-30(37)42-27-19-41-29-24(27)13-14-40-29/h1-3,6-9,12,16,22,24-27,29,32,35H,4-5,10-11,13-15,17-19H2,(H2,31,36)(H,33,37)/t24-,25+,26-,27-,29+/m1/s1. The van der Waals surface area contributed by atoms with Gasteiger partial charge < -0.3 is 35.7 Å². The number of ether oxygens (including phenoxy) is 3. The number of primary amides is 1. The summed E-state index contributed by atoms with van der Waals surface area (Å²) in [6, 6.07) is 14.2. The Morgan fingerprint density at radius 3 is 2.59 bits per heavy atom. The lowest BCUT2D eigenvalue weighted by molar-refractivity contribution is -0.145. The van der Waals surface area contributed by atoms with Gasteiger partial charge in [-0.1, -0.05) is 53.7 Å². The number of anilines is 1. The molecule has 0 aromatic heterocycles. The number of sulfonamides is 1. The molecule has 5 N–H and O–H groups in total. The summed E-state index contributed by atoms with van der Waals surface area (Å²) in [5, 5.41) is 17.1. The molecule has 3 fully saturated rings. The summed E-state index contributed by atoms with van der Waals surface area (Å²) in [5.74, 6) is -0.660. The van der Waals surface area contributed by atoms with Gasteiger partial charge in [0.05, 0.1) is 55.4 Å². The molecule has 3 aliphatic rings. The fourth-order valence-electron chi connectivity index (χ4n) is 5.73. The van der Waals surface area contributed by atoms with Gasteiger partial charge in [-0.15, -0.1) is 0 Å². The van der Waals surface area contributed by atoms with Crippen LogP contribution in [0.5, 0.6) is 0 Å². The van der Waals surface area contributed by atoms with Gasteiger partial charge >= 0.3 is 6.09 Å². The van der Waals surface area contributed by atoms with Crippen molar-refractivity contribution >= 4 is 27.7 Å². The lowest BCUT2D eigenvalue weighted by Gasteiger charge is -2.31. The molecule has 0 unspecified atom stereocenters.